The van der Waals surface area contributed by atoms with E-state index in [0.29, 0.717) is 6.54 Å². The summed E-state index contributed by atoms with van der Waals surface area (Å²) in [5, 5.41) is 11.4. The van der Waals surface area contributed by atoms with Crippen LogP contribution in [0.15, 0.2) is 24.4 Å². The van der Waals surface area contributed by atoms with E-state index in [2.05, 4.69) is 22.4 Å². The summed E-state index contributed by atoms with van der Waals surface area (Å²) in [6, 6.07) is 5.85. The molecule has 2 unspecified atom stereocenters. The number of aromatic amines is 1. The van der Waals surface area contributed by atoms with Gasteiger partial charge in [0, 0.05) is 23.8 Å². The van der Waals surface area contributed by atoms with Crippen molar-refractivity contribution in [3.05, 3.63) is 30.0 Å². The van der Waals surface area contributed by atoms with E-state index in [9.17, 15) is 14.4 Å². The molecule has 1 aromatic carbocycles. The second kappa shape index (κ2) is 6.34. The summed E-state index contributed by atoms with van der Waals surface area (Å²) < 4.78 is 0. The zero-order valence-corrected chi connectivity index (χ0v) is 16.7. The molecule has 2 aromatic rings. The molecule has 0 amide bonds. The third kappa shape index (κ3) is 2.30. The first-order valence-corrected chi connectivity index (χ1v) is 10.1. The summed E-state index contributed by atoms with van der Waals surface area (Å²) in [6.07, 6.45) is 4.36. The van der Waals surface area contributed by atoms with Gasteiger partial charge in [-0.05, 0) is 42.5 Å². The number of hydrogen-bond acceptors (Lipinski definition) is 5. The first-order valence-electron chi connectivity index (χ1n) is 10.1. The van der Waals surface area contributed by atoms with Crippen molar-refractivity contribution in [2.24, 2.45) is 10.8 Å². The normalized spacial score (nSPS) is 30.3. The lowest BCUT2D eigenvalue weighted by Crippen LogP contribution is -2.66. The van der Waals surface area contributed by atoms with Gasteiger partial charge in [0.15, 0.2) is 0 Å². The summed E-state index contributed by atoms with van der Waals surface area (Å²) in [6.45, 7) is 7.54. The predicted molar refractivity (Wildman–Crippen MR) is 106 cm³/mol. The molecule has 148 valence electrons. The lowest BCUT2D eigenvalue weighted by Gasteiger charge is -2.57. The Morgan fingerprint density at radius 1 is 1.18 bits per heavy atom. The van der Waals surface area contributed by atoms with Gasteiger partial charge in [-0.25, -0.2) is 0 Å². The van der Waals surface area contributed by atoms with Gasteiger partial charge in [-0.2, -0.15) is 5.10 Å². The highest BCUT2D eigenvalue weighted by atomic mass is 16.2. The summed E-state index contributed by atoms with van der Waals surface area (Å²) in [7, 11) is 0. The summed E-state index contributed by atoms with van der Waals surface area (Å²) in [5.74, 6) is -1.93. The van der Waals surface area contributed by atoms with Crippen LogP contribution >= 0.6 is 0 Å². The number of carbonyl (C=O) groups excluding carboxylic acids is 3. The fourth-order valence-electron chi connectivity index (χ4n) is 6.12. The minimum Gasteiger partial charge on any atom is -0.316 e. The van der Waals surface area contributed by atoms with Crippen LogP contribution in [0.3, 0.4) is 0 Å². The molecule has 2 heterocycles. The standard InChI is InChI=1S/C22H27N3O3/c1-4-7-21(8-9-23-13-21)22(15-5-6-16-14(10-15)12-24-25-16)19(28)18(27)17(26)11-20(22,2)3/h5-6,10,12,23H,4,7-9,11,13H2,1-3H3,(H,24,25). The number of benzene rings is 1. The number of carbonyl (C=O) groups is 3. The largest absolute Gasteiger partial charge is 0.316 e. The minimum atomic E-state index is -1.05. The Morgan fingerprint density at radius 3 is 2.64 bits per heavy atom. The van der Waals surface area contributed by atoms with Gasteiger partial charge < -0.3 is 5.32 Å². The van der Waals surface area contributed by atoms with Crippen LogP contribution in [0.1, 0.15) is 52.0 Å². The number of fused-ring (bicyclic) bond motifs is 1. The molecular formula is C22H27N3O3. The quantitative estimate of drug-likeness (QED) is 0.795. The molecule has 6 heteroatoms. The average Bonchev–Trinajstić information content (AvgIpc) is 3.29. The van der Waals surface area contributed by atoms with Crippen molar-refractivity contribution in [1.29, 1.82) is 0 Å². The zero-order valence-electron chi connectivity index (χ0n) is 16.7. The highest BCUT2D eigenvalue weighted by Gasteiger charge is 2.68. The van der Waals surface area contributed by atoms with E-state index in [1.165, 1.54) is 0 Å². The lowest BCUT2D eigenvalue weighted by atomic mass is 9.42. The van der Waals surface area contributed by atoms with Crippen LogP contribution in [0.25, 0.3) is 10.9 Å². The molecule has 2 fully saturated rings. The summed E-state index contributed by atoms with van der Waals surface area (Å²) in [4.78, 5) is 39.0. The molecule has 2 atom stereocenters. The number of hydrogen-bond donors (Lipinski definition) is 2. The maximum Gasteiger partial charge on any atom is 0.265 e. The van der Waals surface area contributed by atoms with E-state index in [1.807, 2.05) is 32.0 Å². The number of ketones is 3. The van der Waals surface area contributed by atoms with Crippen LogP contribution in [-0.4, -0.2) is 40.6 Å². The smallest absolute Gasteiger partial charge is 0.265 e. The third-order valence-corrected chi connectivity index (χ3v) is 7.06. The van der Waals surface area contributed by atoms with E-state index in [0.717, 1.165) is 42.3 Å². The predicted octanol–water partition coefficient (Wildman–Crippen LogP) is 2.72. The SMILES string of the molecule is CCCC1(C2(c3ccc4[nH]ncc4c3)C(=O)C(=O)C(=O)CC2(C)C)CCNC1. The molecule has 0 bridgehead atoms. The van der Waals surface area contributed by atoms with Gasteiger partial charge in [-0.15, -0.1) is 0 Å². The molecule has 4 rings (SSSR count). The van der Waals surface area contributed by atoms with Crippen molar-refractivity contribution in [2.75, 3.05) is 13.1 Å². The zero-order chi connectivity index (χ0) is 20.2. The topological polar surface area (TPSA) is 91.9 Å². The Kier molecular flexibility index (Phi) is 4.30. The van der Waals surface area contributed by atoms with Crippen molar-refractivity contribution in [1.82, 2.24) is 15.5 Å². The second-order valence-electron chi connectivity index (χ2n) is 9.02. The van der Waals surface area contributed by atoms with Crippen LogP contribution in [-0.2, 0) is 19.8 Å². The molecule has 0 spiro atoms. The number of nitrogens with one attached hydrogen (secondary N) is 2. The minimum absolute atomic E-state index is 0.0897. The molecule has 1 aliphatic heterocycles. The van der Waals surface area contributed by atoms with E-state index >= 15 is 0 Å². The van der Waals surface area contributed by atoms with Gasteiger partial charge in [0.2, 0.25) is 11.6 Å². The maximum atomic E-state index is 13.8. The molecular weight excluding hydrogens is 354 g/mol. The molecule has 0 radical (unpaired) electrons. The first-order chi connectivity index (χ1) is 13.3. The molecule has 28 heavy (non-hydrogen) atoms. The Morgan fingerprint density at radius 2 is 1.96 bits per heavy atom. The van der Waals surface area contributed by atoms with Crippen molar-refractivity contribution in [3.8, 4) is 0 Å². The van der Waals surface area contributed by atoms with Crippen LogP contribution in [0.2, 0.25) is 0 Å². The van der Waals surface area contributed by atoms with E-state index in [-0.39, 0.29) is 6.42 Å². The molecule has 2 N–H and O–H groups in total. The number of H-pyrrole nitrogens is 1. The molecule has 1 aliphatic carbocycles. The Bertz CT molecular complexity index is 968. The van der Waals surface area contributed by atoms with Gasteiger partial charge >= 0.3 is 0 Å². The van der Waals surface area contributed by atoms with E-state index < -0.39 is 33.6 Å². The van der Waals surface area contributed by atoms with Crippen LogP contribution < -0.4 is 5.32 Å². The van der Waals surface area contributed by atoms with Crippen LogP contribution in [0.5, 0.6) is 0 Å². The van der Waals surface area contributed by atoms with Gasteiger partial charge in [0.25, 0.3) is 5.78 Å². The monoisotopic (exact) mass is 381 g/mol. The Hall–Kier alpha value is -2.34. The lowest BCUT2D eigenvalue weighted by molar-refractivity contribution is -0.160. The Labute approximate surface area is 164 Å². The van der Waals surface area contributed by atoms with Crippen molar-refractivity contribution >= 4 is 28.3 Å². The number of aromatic nitrogens is 2. The van der Waals surface area contributed by atoms with Gasteiger partial charge in [-0.1, -0.05) is 33.3 Å². The average molecular weight is 381 g/mol. The highest BCUT2D eigenvalue weighted by molar-refractivity contribution is 6.66. The van der Waals surface area contributed by atoms with E-state index in [4.69, 9.17) is 0 Å². The summed E-state index contributed by atoms with van der Waals surface area (Å²) >= 11 is 0. The van der Waals surface area contributed by atoms with Gasteiger partial charge in [-0.3, -0.25) is 19.5 Å². The van der Waals surface area contributed by atoms with E-state index in [1.54, 1.807) is 6.20 Å². The highest BCUT2D eigenvalue weighted by Crippen LogP contribution is 2.61. The number of Topliss-reactive ketones (excluding diaryl/α,β-unsaturated/α-hetero) is 3. The second-order valence-corrected chi connectivity index (χ2v) is 9.02. The molecule has 1 saturated carbocycles. The fourth-order valence-corrected chi connectivity index (χ4v) is 6.12. The third-order valence-electron chi connectivity index (χ3n) is 7.06. The number of nitrogens with zero attached hydrogens (tertiary/aromatic N) is 1. The van der Waals surface area contributed by atoms with Gasteiger partial charge in [0.05, 0.1) is 17.1 Å². The van der Waals surface area contributed by atoms with Gasteiger partial charge in [0.1, 0.15) is 0 Å². The van der Waals surface area contributed by atoms with Crippen LogP contribution in [0, 0.1) is 10.8 Å². The molecule has 2 aliphatic rings. The van der Waals surface area contributed by atoms with Crippen molar-refractivity contribution in [3.63, 3.8) is 0 Å². The first kappa shape index (κ1) is 19.0. The molecule has 1 saturated heterocycles. The Balaban J connectivity index is 2.07. The maximum absolute atomic E-state index is 13.8. The molecule has 6 nitrogen and oxygen atoms in total. The van der Waals surface area contributed by atoms with Crippen molar-refractivity contribution < 1.29 is 14.4 Å². The van der Waals surface area contributed by atoms with Crippen LogP contribution in [0.4, 0.5) is 0 Å². The van der Waals surface area contributed by atoms with Crippen molar-refractivity contribution in [2.45, 2.75) is 51.9 Å². The fraction of sp³-hybridized carbons (Fsp3) is 0.545. The summed E-state index contributed by atoms with van der Waals surface area (Å²) in [5.41, 5.74) is -0.411. The number of rotatable bonds is 4. The molecule has 1 aromatic heterocycles.